The van der Waals surface area contributed by atoms with Gasteiger partial charge < -0.3 is 10.1 Å². The van der Waals surface area contributed by atoms with Gasteiger partial charge in [-0.3, -0.25) is 5.32 Å². The van der Waals surface area contributed by atoms with Gasteiger partial charge in [-0.05, 0) is 39.0 Å². The van der Waals surface area contributed by atoms with Crippen molar-refractivity contribution in [1.82, 2.24) is 0 Å². The minimum atomic E-state index is -0.501. The highest BCUT2D eigenvalue weighted by atomic mass is 32.1. The molecule has 17 heavy (non-hydrogen) atoms. The highest BCUT2D eigenvalue weighted by Crippen LogP contribution is 2.23. The SMILES string of the molecule is CNc1ccc(NC(=O)OC(C)(C)C)cc1S. The molecule has 1 aromatic carbocycles. The van der Waals surface area contributed by atoms with Gasteiger partial charge in [0.1, 0.15) is 5.60 Å². The molecular formula is C12H18N2O2S. The van der Waals surface area contributed by atoms with Crippen molar-refractivity contribution >= 4 is 30.1 Å². The van der Waals surface area contributed by atoms with E-state index in [1.807, 2.05) is 33.9 Å². The van der Waals surface area contributed by atoms with Crippen molar-refractivity contribution in [3.8, 4) is 0 Å². The number of benzene rings is 1. The molecule has 0 saturated carbocycles. The molecule has 1 amide bonds. The number of carbonyl (C=O) groups excluding carboxylic acids is 1. The zero-order valence-corrected chi connectivity index (χ0v) is 11.4. The van der Waals surface area contributed by atoms with Crippen molar-refractivity contribution in [3.63, 3.8) is 0 Å². The molecule has 0 saturated heterocycles. The average Bonchev–Trinajstić information content (AvgIpc) is 2.14. The molecule has 0 bridgehead atoms. The average molecular weight is 254 g/mol. The summed E-state index contributed by atoms with van der Waals surface area (Å²) in [4.78, 5) is 12.3. The summed E-state index contributed by atoms with van der Waals surface area (Å²) < 4.78 is 5.15. The maximum atomic E-state index is 11.5. The number of hydrogen-bond donors (Lipinski definition) is 3. The van der Waals surface area contributed by atoms with Gasteiger partial charge in [0.15, 0.2) is 0 Å². The smallest absolute Gasteiger partial charge is 0.412 e. The van der Waals surface area contributed by atoms with Crippen LogP contribution in [0.1, 0.15) is 20.8 Å². The van der Waals surface area contributed by atoms with Crippen LogP contribution in [0.4, 0.5) is 16.2 Å². The molecule has 1 rings (SSSR count). The Hall–Kier alpha value is -1.36. The first-order valence-corrected chi connectivity index (χ1v) is 5.77. The van der Waals surface area contributed by atoms with Gasteiger partial charge in [0, 0.05) is 23.3 Å². The first kappa shape index (κ1) is 13.7. The molecule has 0 unspecified atom stereocenters. The summed E-state index contributed by atoms with van der Waals surface area (Å²) >= 11 is 4.30. The number of amides is 1. The number of nitrogens with one attached hydrogen (secondary N) is 2. The minimum absolute atomic E-state index is 0.470. The quantitative estimate of drug-likeness (QED) is 0.709. The summed E-state index contributed by atoms with van der Waals surface area (Å²) in [6, 6.07) is 5.39. The summed E-state index contributed by atoms with van der Waals surface area (Å²) in [5.41, 5.74) is 1.06. The Balaban J connectivity index is 2.69. The first-order valence-electron chi connectivity index (χ1n) is 5.32. The molecule has 0 aromatic heterocycles. The number of ether oxygens (including phenoxy) is 1. The normalized spacial score (nSPS) is 10.9. The molecular weight excluding hydrogens is 236 g/mol. The zero-order chi connectivity index (χ0) is 13.1. The van der Waals surface area contributed by atoms with Crippen LogP contribution in [0.2, 0.25) is 0 Å². The van der Waals surface area contributed by atoms with Crippen molar-refractivity contribution in [1.29, 1.82) is 0 Å². The van der Waals surface area contributed by atoms with Crippen molar-refractivity contribution in [2.75, 3.05) is 17.7 Å². The van der Waals surface area contributed by atoms with E-state index in [2.05, 4.69) is 23.3 Å². The van der Waals surface area contributed by atoms with Gasteiger partial charge in [0.2, 0.25) is 0 Å². The summed E-state index contributed by atoms with van der Waals surface area (Å²) in [5, 5.41) is 5.65. The molecule has 0 radical (unpaired) electrons. The van der Waals surface area contributed by atoms with E-state index in [9.17, 15) is 4.79 Å². The van der Waals surface area contributed by atoms with Gasteiger partial charge in [0.25, 0.3) is 0 Å². The molecule has 5 heteroatoms. The van der Waals surface area contributed by atoms with E-state index in [0.29, 0.717) is 5.69 Å². The summed E-state index contributed by atoms with van der Waals surface area (Å²) in [6.45, 7) is 5.46. The van der Waals surface area contributed by atoms with Gasteiger partial charge in [-0.25, -0.2) is 4.79 Å². The van der Waals surface area contributed by atoms with Crippen LogP contribution < -0.4 is 10.6 Å². The van der Waals surface area contributed by atoms with Crippen LogP contribution in [-0.2, 0) is 4.74 Å². The topological polar surface area (TPSA) is 50.4 Å². The van der Waals surface area contributed by atoms with Crippen LogP contribution in [0.5, 0.6) is 0 Å². The van der Waals surface area contributed by atoms with E-state index in [-0.39, 0.29) is 0 Å². The maximum absolute atomic E-state index is 11.5. The third-order valence-electron chi connectivity index (χ3n) is 1.91. The fourth-order valence-corrected chi connectivity index (χ4v) is 1.57. The lowest BCUT2D eigenvalue weighted by atomic mass is 10.2. The summed E-state index contributed by atoms with van der Waals surface area (Å²) in [7, 11) is 1.82. The predicted molar refractivity (Wildman–Crippen MR) is 73.1 cm³/mol. The molecule has 0 heterocycles. The van der Waals surface area contributed by atoms with Gasteiger partial charge in [-0.1, -0.05) is 0 Å². The Kier molecular flexibility index (Phi) is 4.28. The third-order valence-corrected chi connectivity index (χ3v) is 2.28. The second-order valence-corrected chi connectivity index (χ2v) is 5.09. The van der Waals surface area contributed by atoms with E-state index >= 15 is 0 Å². The monoisotopic (exact) mass is 254 g/mol. The van der Waals surface area contributed by atoms with Crippen molar-refractivity contribution < 1.29 is 9.53 Å². The molecule has 2 N–H and O–H groups in total. The molecule has 94 valence electrons. The van der Waals surface area contributed by atoms with Crippen LogP contribution in [0.25, 0.3) is 0 Å². The molecule has 0 aliphatic carbocycles. The number of anilines is 2. The highest BCUT2D eigenvalue weighted by molar-refractivity contribution is 7.80. The number of carbonyl (C=O) groups is 1. The fourth-order valence-electron chi connectivity index (χ4n) is 1.24. The molecule has 1 aromatic rings. The van der Waals surface area contributed by atoms with E-state index in [1.165, 1.54) is 0 Å². The molecule has 0 fully saturated rings. The Bertz CT molecular complexity index is 413. The Morgan fingerprint density at radius 2 is 2.00 bits per heavy atom. The fraction of sp³-hybridized carbons (Fsp3) is 0.417. The van der Waals surface area contributed by atoms with Crippen molar-refractivity contribution in [3.05, 3.63) is 18.2 Å². The highest BCUT2D eigenvalue weighted by Gasteiger charge is 2.16. The maximum Gasteiger partial charge on any atom is 0.412 e. The van der Waals surface area contributed by atoms with Crippen LogP contribution in [0, 0.1) is 0 Å². The zero-order valence-electron chi connectivity index (χ0n) is 10.5. The first-order chi connectivity index (χ1) is 7.81. The Labute approximate surface area is 107 Å². The second-order valence-electron chi connectivity index (χ2n) is 4.61. The van der Waals surface area contributed by atoms with E-state index in [0.717, 1.165) is 10.6 Å². The van der Waals surface area contributed by atoms with Gasteiger partial charge in [-0.2, -0.15) is 0 Å². The van der Waals surface area contributed by atoms with Crippen molar-refractivity contribution in [2.45, 2.75) is 31.3 Å². The van der Waals surface area contributed by atoms with Gasteiger partial charge >= 0.3 is 6.09 Å². The summed E-state index contributed by atoms with van der Waals surface area (Å²) in [6.07, 6.45) is -0.470. The second kappa shape index (κ2) is 5.31. The van der Waals surface area contributed by atoms with Crippen molar-refractivity contribution in [2.24, 2.45) is 0 Å². The summed E-state index contributed by atoms with van der Waals surface area (Å²) in [5.74, 6) is 0. The van der Waals surface area contributed by atoms with Crippen LogP contribution in [-0.4, -0.2) is 18.7 Å². The van der Waals surface area contributed by atoms with E-state index < -0.39 is 11.7 Å². The number of hydrogen-bond acceptors (Lipinski definition) is 4. The molecule has 4 nitrogen and oxygen atoms in total. The molecule has 0 spiro atoms. The van der Waals surface area contributed by atoms with Crippen LogP contribution >= 0.6 is 12.6 Å². The van der Waals surface area contributed by atoms with Crippen LogP contribution in [0.15, 0.2) is 23.1 Å². The van der Waals surface area contributed by atoms with E-state index in [4.69, 9.17) is 4.74 Å². The van der Waals surface area contributed by atoms with E-state index in [1.54, 1.807) is 12.1 Å². The Morgan fingerprint density at radius 1 is 1.35 bits per heavy atom. The lowest BCUT2D eigenvalue weighted by Crippen LogP contribution is -2.27. The molecule has 0 aliphatic heterocycles. The third kappa shape index (κ3) is 4.56. The molecule has 0 aliphatic rings. The largest absolute Gasteiger partial charge is 0.444 e. The lowest BCUT2D eigenvalue weighted by Gasteiger charge is -2.19. The standard InChI is InChI=1S/C12H18N2O2S/c1-12(2,3)16-11(15)14-8-5-6-9(13-4)10(17)7-8/h5-7,13,17H,1-4H3,(H,14,15). The minimum Gasteiger partial charge on any atom is -0.444 e. The lowest BCUT2D eigenvalue weighted by molar-refractivity contribution is 0.0636. The predicted octanol–water partition coefficient (Wildman–Crippen LogP) is 3.36. The number of thiol groups is 1. The molecule has 0 atom stereocenters. The van der Waals surface area contributed by atoms with Gasteiger partial charge in [0.05, 0.1) is 0 Å². The van der Waals surface area contributed by atoms with Gasteiger partial charge in [-0.15, -0.1) is 12.6 Å². The Morgan fingerprint density at radius 3 is 2.47 bits per heavy atom. The number of rotatable bonds is 2. The van der Waals surface area contributed by atoms with Crippen LogP contribution in [0.3, 0.4) is 0 Å².